The van der Waals surface area contributed by atoms with Gasteiger partial charge in [-0.1, -0.05) is 30.7 Å². The molecule has 1 saturated heterocycles. The van der Waals surface area contributed by atoms with Gasteiger partial charge in [-0.25, -0.2) is 4.99 Å². The molecule has 0 N–H and O–H groups in total. The van der Waals surface area contributed by atoms with Crippen LogP contribution >= 0.6 is 23.4 Å². The lowest BCUT2D eigenvalue weighted by molar-refractivity contribution is -0.122. The van der Waals surface area contributed by atoms with Crippen molar-refractivity contribution in [2.75, 3.05) is 13.7 Å². The average Bonchev–Trinajstić information content (AvgIpc) is 2.93. The molecule has 0 saturated carbocycles. The third kappa shape index (κ3) is 4.29. The number of hydrogen-bond donors (Lipinski definition) is 0. The van der Waals surface area contributed by atoms with Gasteiger partial charge in [-0.2, -0.15) is 0 Å². The molecule has 6 heteroatoms. The Bertz CT molecular complexity index is 845. The zero-order chi connectivity index (χ0) is 18.5. The summed E-state index contributed by atoms with van der Waals surface area (Å²) >= 11 is 7.32. The number of thioether (sulfide) groups is 1. The minimum absolute atomic E-state index is 0.0148. The zero-order valence-corrected chi connectivity index (χ0v) is 16.2. The van der Waals surface area contributed by atoms with E-state index in [1.165, 1.54) is 11.8 Å². The fourth-order valence-electron chi connectivity index (χ4n) is 2.49. The van der Waals surface area contributed by atoms with Gasteiger partial charge in [0.1, 0.15) is 5.75 Å². The Hall–Kier alpha value is -2.24. The van der Waals surface area contributed by atoms with Gasteiger partial charge >= 0.3 is 0 Å². The highest BCUT2D eigenvalue weighted by Gasteiger charge is 2.32. The number of carbonyl (C=O) groups is 1. The van der Waals surface area contributed by atoms with Crippen LogP contribution in [0.4, 0.5) is 5.69 Å². The second kappa shape index (κ2) is 8.43. The molecule has 3 rings (SSSR count). The van der Waals surface area contributed by atoms with Crippen LogP contribution in [-0.4, -0.2) is 29.6 Å². The highest BCUT2D eigenvalue weighted by atomic mass is 35.5. The van der Waals surface area contributed by atoms with E-state index in [0.29, 0.717) is 21.6 Å². The zero-order valence-electron chi connectivity index (χ0n) is 14.6. The summed E-state index contributed by atoms with van der Waals surface area (Å²) in [6.07, 6.45) is 2.74. The molecule has 1 amide bonds. The molecule has 0 unspecified atom stereocenters. The van der Waals surface area contributed by atoms with Crippen LogP contribution < -0.4 is 4.74 Å². The van der Waals surface area contributed by atoms with Crippen molar-refractivity contribution in [1.29, 1.82) is 0 Å². The van der Waals surface area contributed by atoms with E-state index in [4.69, 9.17) is 16.3 Å². The summed E-state index contributed by atoms with van der Waals surface area (Å²) in [5, 5.41) is 1.37. The van der Waals surface area contributed by atoms with Crippen molar-refractivity contribution >= 4 is 46.2 Å². The molecule has 0 aromatic heterocycles. The lowest BCUT2D eigenvalue weighted by atomic mass is 10.2. The number of aliphatic imine (C=N–C) groups is 1. The van der Waals surface area contributed by atoms with Crippen molar-refractivity contribution in [2.45, 2.75) is 13.3 Å². The number of ether oxygens (including phenoxy) is 1. The number of methoxy groups -OCH3 is 1. The fraction of sp³-hybridized carbons (Fsp3) is 0.200. The third-order valence-electron chi connectivity index (χ3n) is 3.80. The van der Waals surface area contributed by atoms with Crippen molar-refractivity contribution in [3.63, 3.8) is 0 Å². The van der Waals surface area contributed by atoms with Gasteiger partial charge in [-0.15, -0.1) is 0 Å². The molecule has 0 bridgehead atoms. The Labute approximate surface area is 162 Å². The molecule has 1 fully saturated rings. The summed E-state index contributed by atoms with van der Waals surface area (Å²) in [7, 11) is 1.63. The largest absolute Gasteiger partial charge is 0.497 e. The number of rotatable bonds is 5. The van der Waals surface area contributed by atoms with E-state index in [1.54, 1.807) is 12.0 Å². The van der Waals surface area contributed by atoms with E-state index in [-0.39, 0.29) is 5.91 Å². The van der Waals surface area contributed by atoms with Crippen molar-refractivity contribution < 1.29 is 9.53 Å². The topological polar surface area (TPSA) is 41.9 Å². The number of nitrogens with zero attached hydrogens (tertiary/aromatic N) is 2. The maximum absolute atomic E-state index is 12.8. The number of carbonyl (C=O) groups excluding carboxylic acids is 1. The molecule has 2 aromatic rings. The third-order valence-corrected chi connectivity index (χ3v) is 5.06. The van der Waals surface area contributed by atoms with Crippen LogP contribution in [0.15, 0.2) is 58.4 Å². The molecular weight excluding hydrogens is 368 g/mol. The van der Waals surface area contributed by atoms with Crippen LogP contribution in [0.5, 0.6) is 5.75 Å². The summed E-state index contributed by atoms with van der Waals surface area (Å²) < 4.78 is 5.17. The summed E-state index contributed by atoms with van der Waals surface area (Å²) in [6.45, 7) is 2.68. The smallest absolute Gasteiger partial charge is 0.266 e. The van der Waals surface area contributed by atoms with Gasteiger partial charge in [0.05, 0.1) is 17.7 Å². The lowest BCUT2D eigenvalue weighted by Crippen LogP contribution is -2.29. The highest BCUT2D eigenvalue weighted by molar-refractivity contribution is 8.18. The second-order valence-corrected chi connectivity index (χ2v) is 7.16. The summed E-state index contributed by atoms with van der Waals surface area (Å²) in [4.78, 5) is 19.8. The molecule has 0 atom stereocenters. The van der Waals surface area contributed by atoms with E-state index >= 15 is 0 Å². The molecule has 0 radical (unpaired) electrons. The van der Waals surface area contributed by atoms with Crippen molar-refractivity contribution in [1.82, 2.24) is 4.90 Å². The maximum atomic E-state index is 12.8. The molecule has 0 aliphatic carbocycles. The number of amides is 1. The van der Waals surface area contributed by atoms with Crippen molar-refractivity contribution in [3.05, 3.63) is 64.0 Å². The minimum atomic E-state index is -0.0148. The molecule has 0 spiro atoms. The second-order valence-electron chi connectivity index (χ2n) is 5.71. The Kier molecular flexibility index (Phi) is 6.01. The van der Waals surface area contributed by atoms with E-state index < -0.39 is 0 Å². The van der Waals surface area contributed by atoms with Crippen LogP contribution in [0.3, 0.4) is 0 Å². The van der Waals surface area contributed by atoms with Gasteiger partial charge in [0, 0.05) is 11.6 Å². The van der Waals surface area contributed by atoms with Gasteiger partial charge in [0.15, 0.2) is 5.17 Å². The van der Waals surface area contributed by atoms with E-state index in [2.05, 4.69) is 4.99 Å². The first-order valence-electron chi connectivity index (χ1n) is 8.30. The lowest BCUT2D eigenvalue weighted by Gasteiger charge is -2.14. The van der Waals surface area contributed by atoms with Gasteiger partial charge < -0.3 is 4.74 Å². The molecule has 1 heterocycles. The van der Waals surface area contributed by atoms with Gasteiger partial charge in [0.2, 0.25) is 0 Å². The highest BCUT2D eigenvalue weighted by Crippen LogP contribution is 2.34. The SMILES string of the molecule is CCCN1C(=O)/C(=C\c2ccc(Cl)cc2)SC1=Nc1ccc(OC)cc1. The fourth-order valence-corrected chi connectivity index (χ4v) is 3.64. The summed E-state index contributed by atoms with van der Waals surface area (Å²) in [5.41, 5.74) is 1.72. The normalized spacial score (nSPS) is 17.3. The number of amidine groups is 1. The Morgan fingerprint density at radius 3 is 2.46 bits per heavy atom. The average molecular weight is 387 g/mol. The van der Waals surface area contributed by atoms with Gasteiger partial charge in [-0.05, 0) is 66.2 Å². The standard InChI is InChI=1S/C20H19ClN2O2S/c1-3-12-23-19(24)18(13-14-4-6-15(21)7-5-14)26-20(23)22-16-8-10-17(25-2)11-9-16/h4-11,13H,3,12H2,1-2H3/b18-13+,22-20?. The Balaban J connectivity index is 1.90. The van der Waals surface area contributed by atoms with Crippen LogP contribution in [0.1, 0.15) is 18.9 Å². The van der Waals surface area contributed by atoms with Gasteiger partial charge in [0.25, 0.3) is 5.91 Å². The van der Waals surface area contributed by atoms with E-state index in [9.17, 15) is 4.79 Å². The molecule has 134 valence electrons. The maximum Gasteiger partial charge on any atom is 0.266 e. The molecule has 2 aromatic carbocycles. The minimum Gasteiger partial charge on any atom is -0.497 e. The first-order chi connectivity index (χ1) is 12.6. The number of hydrogen-bond acceptors (Lipinski definition) is 4. The van der Waals surface area contributed by atoms with Crippen molar-refractivity contribution in [3.8, 4) is 5.75 Å². The van der Waals surface area contributed by atoms with Crippen LogP contribution in [0.25, 0.3) is 6.08 Å². The predicted octanol–water partition coefficient (Wildman–Crippen LogP) is 5.36. The Morgan fingerprint density at radius 2 is 1.85 bits per heavy atom. The number of halogens is 1. The first-order valence-corrected chi connectivity index (χ1v) is 9.50. The predicted molar refractivity (Wildman–Crippen MR) is 109 cm³/mol. The van der Waals surface area contributed by atoms with E-state index in [1.807, 2.05) is 61.5 Å². The van der Waals surface area contributed by atoms with Crippen LogP contribution in [0.2, 0.25) is 5.02 Å². The van der Waals surface area contributed by atoms with Crippen LogP contribution in [0, 0.1) is 0 Å². The van der Waals surface area contributed by atoms with Crippen LogP contribution in [-0.2, 0) is 4.79 Å². The molecule has 1 aliphatic rings. The van der Waals surface area contributed by atoms with Crippen molar-refractivity contribution in [2.24, 2.45) is 4.99 Å². The quantitative estimate of drug-likeness (QED) is 0.649. The monoisotopic (exact) mass is 386 g/mol. The molecule has 26 heavy (non-hydrogen) atoms. The summed E-state index contributed by atoms with van der Waals surface area (Å²) in [5.74, 6) is 0.761. The Morgan fingerprint density at radius 1 is 1.15 bits per heavy atom. The molecule has 1 aliphatic heterocycles. The number of benzene rings is 2. The van der Waals surface area contributed by atoms with Gasteiger partial charge in [-0.3, -0.25) is 9.69 Å². The summed E-state index contributed by atoms with van der Waals surface area (Å²) in [6, 6.07) is 14.9. The first kappa shape index (κ1) is 18.5. The van der Waals surface area contributed by atoms with E-state index in [0.717, 1.165) is 23.4 Å². The molecule has 4 nitrogen and oxygen atoms in total. The molecular formula is C20H19ClN2O2S.